The maximum Gasteiger partial charge on any atom is 0.338 e. The smallest absolute Gasteiger partial charge is 0.338 e. The predicted octanol–water partition coefficient (Wildman–Crippen LogP) is 2.17. The Kier molecular flexibility index (Phi) is 8.28. The molecule has 2 N–H and O–H groups in total. The Morgan fingerprint density at radius 3 is 2.47 bits per heavy atom. The third kappa shape index (κ3) is 5.76. The first kappa shape index (κ1) is 22.8. The molecular weight excluding hydrogens is 392 g/mol. The summed E-state index contributed by atoms with van der Waals surface area (Å²) in [6.07, 6.45) is 3.28. The van der Waals surface area contributed by atoms with Gasteiger partial charge in [-0.05, 0) is 37.1 Å². The van der Waals surface area contributed by atoms with Crippen molar-refractivity contribution < 1.29 is 33.3 Å². The number of nitrogens with one attached hydrogen (secondary N) is 2. The Labute approximate surface area is 175 Å². The highest BCUT2D eigenvalue weighted by Crippen LogP contribution is 2.28. The molecule has 0 spiro atoms. The lowest BCUT2D eigenvalue weighted by Gasteiger charge is -2.28. The van der Waals surface area contributed by atoms with Crippen LogP contribution in [0.15, 0.2) is 35.5 Å². The van der Waals surface area contributed by atoms with Crippen molar-refractivity contribution in [3.8, 4) is 11.5 Å². The van der Waals surface area contributed by atoms with Gasteiger partial charge in [0.25, 0.3) is 0 Å². The number of amides is 2. The summed E-state index contributed by atoms with van der Waals surface area (Å²) in [6.45, 7) is 3.43. The van der Waals surface area contributed by atoms with E-state index in [4.69, 9.17) is 18.9 Å². The Balaban J connectivity index is 2.11. The molecule has 0 saturated carbocycles. The van der Waals surface area contributed by atoms with E-state index in [-0.39, 0.29) is 24.5 Å². The van der Waals surface area contributed by atoms with E-state index in [0.717, 1.165) is 0 Å². The number of esters is 2. The van der Waals surface area contributed by atoms with Crippen LogP contribution >= 0.6 is 0 Å². The van der Waals surface area contributed by atoms with E-state index in [1.165, 1.54) is 20.3 Å². The zero-order valence-electron chi connectivity index (χ0n) is 17.4. The van der Waals surface area contributed by atoms with E-state index in [1.807, 2.05) is 6.92 Å². The van der Waals surface area contributed by atoms with Crippen LogP contribution in [0, 0.1) is 0 Å². The minimum atomic E-state index is -0.638. The normalized spacial score (nSPS) is 16.0. The summed E-state index contributed by atoms with van der Waals surface area (Å²) < 4.78 is 20.7. The van der Waals surface area contributed by atoms with Crippen LogP contribution in [0.4, 0.5) is 4.79 Å². The maximum atomic E-state index is 12.3. The molecule has 0 saturated heterocycles. The average Bonchev–Trinajstić information content (AvgIpc) is 2.75. The molecular formula is C21H26N2O7. The fraction of sp³-hybridized carbons (Fsp3) is 0.381. The minimum absolute atomic E-state index is 0.188. The van der Waals surface area contributed by atoms with Gasteiger partial charge in [-0.3, -0.25) is 0 Å². The molecule has 0 aliphatic carbocycles. The molecule has 1 atom stereocenters. The topological polar surface area (TPSA) is 112 Å². The van der Waals surface area contributed by atoms with Crippen molar-refractivity contribution in [2.75, 3.05) is 27.4 Å². The molecule has 162 valence electrons. The van der Waals surface area contributed by atoms with Crippen molar-refractivity contribution in [3.63, 3.8) is 0 Å². The molecule has 2 rings (SSSR count). The number of urea groups is 1. The van der Waals surface area contributed by atoms with Crippen molar-refractivity contribution in [2.45, 2.75) is 26.3 Å². The third-order valence-electron chi connectivity index (χ3n) is 4.33. The first-order valence-corrected chi connectivity index (χ1v) is 9.47. The van der Waals surface area contributed by atoms with Gasteiger partial charge in [-0.25, -0.2) is 14.4 Å². The molecule has 2 amide bonds. The molecule has 1 aliphatic heterocycles. The van der Waals surface area contributed by atoms with Crippen molar-refractivity contribution in [1.82, 2.24) is 10.6 Å². The van der Waals surface area contributed by atoms with Gasteiger partial charge in [-0.2, -0.15) is 0 Å². The Morgan fingerprint density at radius 2 is 1.83 bits per heavy atom. The van der Waals surface area contributed by atoms with E-state index < -0.39 is 24.0 Å². The molecule has 0 fully saturated rings. The van der Waals surface area contributed by atoms with Crippen molar-refractivity contribution in [2.24, 2.45) is 0 Å². The number of hydrogen-bond acceptors (Lipinski definition) is 7. The standard InChI is InChI=1S/C21H26N2O7/c1-5-14-19(20(25)29-6-2)15(23-21(26)22-14)12-30-18(24)10-8-13-7-9-16(27-3)17(11-13)28-4/h7-11,14H,5-6,12H2,1-4H3,(H2,22,23,26)/b10-8+/t14-/m1/s1. The van der Waals surface area contributed by atoms with Gasteiger partial charge in [0.2, 0.25) is 0 Å². The lowest BCUT2D eigenvalue weighted by Crippen LogP contribution is -2.51. The largest absolute Gasteiger partial charge is 0.493 e. The van der Waals surface area contributed by atoms with Gasteiger partial charge >= 0.3 is 18.0 Å². The van der Waals surface area contributed by atoms with Crippen LogP contribution in [0.25, 0.3) is 6.08 Å². The second-order valence-corrected chi connectivity index (χ2v) is 6.23. The highest BCUT2D eigenvalue weighted by molar-refractivity contribution is 5.95. The van der Waals surface area contributed by atoms with Gasteiger partial charge in [0.05, 0.1) is 38.1 Å². The second kappa shape index (κ2) is 10.9. The van der Waals surface area contributed by atoms with Gasteiger partial charge in [0, 0.05) is 6.08 Å². The lowest BCUT2D eigenvalue weighted by atomic mass is 10.0. The van der Waals surface area contributed by atoms with Crippen LogP contribution in [0.1, 0.15) is 25.8 Å². The monoisotopic (exact) mass is 418 g/mol. The molecule has 9 nitrogen and oxygen atoms in total. The van der Waals surface area contributed by atoms with Crippen molar-refractivity contribution >= 4 is 24.0 Å². The van der Waals surface area contributed by atoms with Crippen molar-refractivity contribution in [1.29, 1.82) is 0 Å². The van der Waals surface area contributed by atoms with E-state index in [9.17, 15) is 14.4 Å². The number of rotatable bonds is 9. The van der Waals surface area contributed by atoms with E-state index in [2.05, 4.69) is 10.6 Å². The average molecular weight is 418 g/mol. The Hall–Kier alpha value is -3.49. The van der Waals surface area contributed by atoms with E-state index >= 15 is 0 Å². The van der Waals surface area contributed by atoms with E-state index in [1.54, 1.807) is 31.2 Å². The first-order chi connectivity index (χ1) is 14.4. The predicted molar refractivity (Wildman–Crippen MR) is 109 cm³/mol. The zero-order valence-corrected chi connectivity index (χ0v) is 17.4. The first-order valence-electron chi connectivity index (χ1n) is 9.47. The fourth-order valence-corrected chi connectivity index (χ4v) is 2.89. The summed E-state index contributed by atoms with van der Waals surface area (Å²) in [5.41, 5.74) is 1.16. The number of methoxy groups -OCH3 is 2. The summed E-state index contributed by atoms with van der Waals surface area (Å²) >= 11 is 0. The van der Waals surface area contributed by atoms with Gasteiger partial charge < -0.3 is 29.6 Å². The second-order valence-electron chi connectivity index (χ2n) is 6.23. The highest BCUT2D eigenvalue weighted by atomic mass is 16.5. The van der Waals surface area contributed by atoms with Gasteiger partial charge in [0.1, 0.15) is 6.61 Å². The molecule has 0 aromatic heterocycles. The molecule has 0 unspecified atom stereocenters. The molecule has 9 heteroatoms. The van der Waals surface area contributed by atoms with Crippen LogP contribution in [-0.2, 0) is 19.1 Å². The van der Waals surface area contributed by atoms with Crippen LogP contribution in [0.5, 0.6) is 11.5 Å². The Bertz CT molecular complexity index is 861. The SMILES string of the molecule is CCOC(=O)C1=C(COC(=O)/C=C/c2ccc(OC)c(OC)c2)NC(=O)N[C@@H]1CC. The van der Waals surface area contributed by atoms with Gasteiger partial charge in [-0.1, -0.05) is 13.0 Å². The molecule has 1 aromatic rings. The number of hydrogen-bond donors (Lipinski definition) is 2. The summed E-state index contributed by atoms with van der Waals surface area (Å²) in [7, 11) is 3.05. The van der Waals surface area contributed by atoms with Crippen LogP contribution in [0.3, 0.4) is 0 Å². The molecule has 0 bridgehead atoms. The summed E-state index contributed by atoms with van der Waals surface area (Å²) in [5, 5.41) is 5.18. The van der Waals surface area contributed by atoms with Gasteiger partial charge in [-0.15, -0.1) is 0 Å². The number of ether oxygens (including phenoxy) is 4. The molecule has 1 aliphatic rings. The summed E-state index contributed by atoms with van der Waals surface area (Å²) in [4.78, 5) is 36.3. The van der Waals surface area contributed by atoms with Crippen LogP contribution < -0.4 is 20.1 Å². The van der Waals surface area contributed by atoms with Crippen molar-refractivity contribution in [3.05, 3.63) is 41.1 Å². The number of carbonyl (C=O) groups excluding carboxylic acids is 3. The molecule has 1 aromatic carbocycles. The minimum Gasteiger partial charge on any atom is -0.493 e. The molecule has 30 heavy (non-hydrogen) atoms. The van der Waals surface area contributed by atoms with Gasteiger partial charge in [0.15, 0.2) is 11.5 Å². The highest BCUT2D eigenvalue weighted by Gasteiger charge is 2.31. The Morgan fingerprint density at radius 1 is 1.10 bits per heavy atom. The number of carbonyl (C=O) groups is 3. The number of benzene rings is 1. The zero-order chi connectivity index (χ0) is 22.1. The summed E-state index contributed by atoms with van der Waals surface area (Å²) in [6, 6.07) is 4.19. The third-order valence-corrected chi connectivity index (χ3v) is 4.33. The van der Waals surface area contributed by atoms with E-state index in [0.29, 0.717) is 23.5 Å². The molecule has 1 heterocycles. The lowest BCUT2D eigenvalue weighted by molar-refractivity contribution is -0.140. The molecule has 0 radical (unpaired) electrons. The summed E-state index contributed by atoms with van der Waals surface area (Å²) in [5.74, 6) is -0.104. The van der Waals surface area contributed by atoms with Crippen LogP contribution in [-0.4, -0.2) is 51.4 Å². The van der Waals surface area contributed by atoms with Crippen LogP contribution in [0.2, 0.25) is 0 Å². The fourth-order valence-electron chi connectivity index (χ4n) is 2.89. The maximum absolute atomic E-state index is 12.3. The quantitative estimate of drug-likeness (QED) is 0.467.